The second kappa shape index (κ2) is 6.26. The summed E-state index contributed by atoms with van der Waals surface area (Å²) in [6.07, 6.45) is 5.44. The van der Waals surface area contributed by atoms with E-state index in [9.17, 15) is 8.42 Å². The number of sulfonamides is 1. The van der Waals surface area contributed by atoms with Crippen LogP contribution in [0.15, 0.2) is 6.33 Å². The molecule has 1 aliphatic rings. The Morgan fingerprint density at radius 2 is 2.22 bits per heavy atom. The number of nitrogens with one attached hydrogen (secondary N) is 3. The van der Waals surface area contributed by atoms with Crippen LogP contribution in [-0.2, 0) is 16.6 Å². The maximum Gasteiger partial charge on any atom is 0.212 e. The molecule has 1 saturated carbocycles. The van der Waals surface area contributed by atoms with Gasteiger partial charge < -0.3 is 5.32 Å². The molecule has 2 rings (SSSR count). The van der Waals surface area contributed by atoms with Crippen molar-refractivity contribution in [3.05, 3.63) is 12.2 Å². The molecule has 0 unspecified atom stereocenters. The molecule has 3 N–H and O–H groups in total. The second-order valence-corrected chi connectivity index (χ2v) is 6.43. The number of nitrogens with zero attached hydrogens (tertiary/aromatic N) is 2. The zero-order valence-electron chi connectivity index (χ0n) is 10.2. The molecule has 1 aliphatic carbocycles. The van der Waals surface area contributed by atoms with E-state index in [1.807, 2.05) is 0 Å². The molecule has 0 aromatic carbocycles. The van der Waals surface area contributed by atoms with Gasteiger partial charge in [-0.25, -0.2) is 18.1 Å². The molecule has 102 valence electrons. The van der Waals surface area contributed by atoms with E-state index in [0.717, 1.165) is 13.0 Å². The third-order valence-electron chi connectivity index (χ3n) is 2.77. The summed E-state index contributed by atoms with van der Waals surface area (Å²) in [5.41, 5.74) is 0. The largest absolute Gasteiger partial charge is 0.314 e. The van der Waals surface area contributed by atoms with Crippen molar-refractivity contribution in [2.45, 2.75) is 38.3 Å². The highest BCUT2D eigenvalue weighted by molar-refractivity contribution is 7.89. The van der Waals surface area contributed by atoms with Gasteiger partial charge in [0.05, 0.1) is 12.3 Å². The van der Waals surface area contributed by atoms with Crippen molar-refractivity contribution >= 4 is 10.0 Å². The first-order valence-corrected chi connectivity index (χ1v) is 7.86. The first-order chi connectivity index (χ1) is 8.66. The predicted octanol–water partition coefficient (Wildman–Crippen LogP) is -0.244. The number of hydrogen-bond donors (Lipinski definition) is 3. The smallest absolute Gasteiger partial charge is 0.212 e. The van der Waals surface area contributed by atoms with Gasteiger partial charge in [0, 0.05) is 6.04 Å². The summed E-state index contributed by atoms with van der Waals surface area (Å²) in [5.74, 6) is 0.682. The molecule has 0 amide bonds. The van der Waals surface area contributed by atoms with Crippen LogP contribution in [0.4, 0.5) is 0 Å². The average Bonchev–Trinajstić information content (AvgIpc) is 3.00. The second-order valence-electron chi connectivity index (χ2n) is 4.51. The zero-order valence-corrected chi connectivity index (χ0v) is 11.0. The van der Waals surface area contributed by atoms with Crippen molar-refractivity contribution in [2.24, 2.45) is 0 Å². The van der Waals surface area contributed by atoms with E-state index in [1.54, 1.807) is 0 Å². The van der Waals surface area contributed by atoms with Crippen LogP contribution >= 0.6 is 0 Å². The molecule has 8 heteroatoms. The van der Waals surface area contributed by atoms with Gasteiger partial charge in [0.25, 0.3) is 0 Å². The Labute approximate surface area is 107 Å². The third kappa shape index (κ3) is 5.11. The van der Waals surface area contributed by atoms with E-state index in [1.165, 1.54) is 19.2 Å². The number of hydrogen-bond acceptors (Lipinski definition) is 5. The molecule has 0 atom stereocenters. The lowest BCUT2D eigenvalue weighted by Crippen LogP contribution is -2.27. The first kappa shape index (κ1) is 13.4. The van der Waals surface area contributed by atoms with Crippen molar-refractivity contribution in [1.82, 2.24) is 25.2 Å². The van der Waals surface area contributed by atoms with Crippen molar-refractivity contribution in [1.29, 1.82) is 0 Å². The van der Waals surface area contributed by atoms with Crippen molar-refractivity contribution in [3.8, 4) is 0 Å². The summed E-state index contributed by atoms with van der Waals surface area (Å²) in [4.78, 5) is 3.85. The Bertz CT molecular complexity index is 441. The lowest BCUT2D eigenvalue weighted by molar-refractivity contribution is 0.571. The predicted molar refractivity (Wildman–Crippen MR) is 67.3 cm³/mol. The topological polar surface area (TPSA) is 99.8 Å². The number of unbranched alkanes of at least 4 members (excludes halogenated alkanes) is 1. The van der Waals surface area contributed by atoms with E-state index in [4.69, 9.17) is 0 Å². The van der Waals surface area contributed by atoms with Crippen LogP contribution in [0.3, 0.4) is 0 Å². The lowest BCUT2D eigenvalue weighted by Gasteiger charge is -2.05. The highest BCUT2D eigenvalue weighted by atomic mass is 32.2. The highest BCUT2D eigenvalue weighted by Gasteiger charge is 2.19. The Kier molecular flexibility index (Phi) is 4.67. The summed E-state index contributed by atoms with van der Waals surface area (Å²) >= 11 is 0. The standard InChI is InChI=1S/C10H19N5O2S/c16-18(17,14-7-10-12-8-13-15-10)6-2-1-5-11-9-3-4-9/h8-9,11,14H,1-7H2,(H,12,13,15). The summed E-state index contributed by atoms with van der Waals surface area (Å²) in [5, 5.41) is 9.62. The molecule has 1 aromatic heterocycles. The molecule has 1 fully saturated rings. The van der Waals surface area contributed by atoms with E-state index in [0.29, 0.717) is 18.3 Å². The monoisotopic (exact) mass is 273 g/mol. The minimum Gasteiger partial charge on any atom is -0.314 e. The van der Waals surface area contributed by atoms with Crippen molar-refractivity contribution in [2.75, 3.05) is 12.3 Å². The zero-order chi connectivity index (χ0) is 12.8. The third-order valence-corrected chi connectivity index (χ3v) is 4.18. The first-order valence-electron chi connectivity index (χ1n) is 6.21. The molecule has 0 radical (unpaired) electrons. The SMILES string of the molecule is O=S(=O)(CCCCNC1CC1)NCc1ncn[nH]1. The Balaban J connectivity index is 1.57. The molecular weight excluding hydrogens is 254 g/mol. The number of H-pyrrole nitrogens is 1. The van der Waals surface area contributed by atoms with Gasteiger partial charge in [-0.3, -0.25) is 5.10 Å². The minimum absolute atomic E-state index is 0.160. The Morgan fingerprint density at radius 1 is 1.39 bits per heavy atom. The molecule has 0 bridgehead atoms. The maximum atomic E-state index is 11.6. The van der Waals surface area contributed by atoms with Crippen LogP contribution in [0.1, 0.15) is 31.5 Å². The summed E-state index contributed by atoms with van der Waals surface area (Å²) in [6, 6.07) is 0.686. The number of rotatable bonds is 9. The van der Waals surface area contributed by atoms with E-state index in [2.05, 4.69) is 25.2 Å². The quantitative estimate of drug-likeness (QED) is 0.539. The fourth-order valence-electron chi connectivity index (χ4n) is 1.58. The van der Waals surface area contributed by atoms with Gasteiger partial charge in [0.2, 0.25) is 10.0 Å². The maximum absolute atomic E-state index is 11.6. The minimum atomic E-state index is -3.21. The molecular formula is C10H19N5O2S. The average molecular weight is 273 g/mol. The van der Waals surface area contributed by atoms with Crippen LogP contribution in [0, 0.1) is 0 Å². The van der Waals surface area contributed by atoms with Gasteiger partial charge in [-0.2, -0.15) is 5.10 Å². The van der Waals surface area contributed by atoms with Crippen LogP contribution in [0.25, 0.3) is 0 Å². The fourth-order valence-corrected chi connectivity index (χ4v) is 2.66. The molecule has 0 spiro atoms. The van der Waals surface area contributed by atoms with E-state index >= 15 is 0 Å². The number of aromatic amines is 1. The number of aromatic nitrogens is 3. The fraction of sp³-hybridized carbons (Fsp3) is 0.800. The molecule has 0 saturated heterocycles. The molecule has 1 aromatic rings. The molecule has 18 heavy (non-hydrogen) atoms. The summed E-state index contributed by atoms with van der Waals surface area (Å²) < 4.78 is 25.8. The van der Waals surface area contributed by atoms with Crippen LogP contribution in [-0.4, -0.2) is 41.9 Å². The van der Waals surface area contributed by atoms with Gasteiger partial charge in [-0.15, -0.1) is 0 Å². The van der Waals surface area contributed by atoms with Gasteiger partial charge in [-0.1, -0.05) is 0 Å². The Hall–Kier alpha value is -0.990. The van der Waals surface area contributed by atoms with E-state index in [-0.39, 0.29) is 12.3 Å². The van der Waals surface area contributed by atoms with Crippen LogP contribution < -0.4 is 10.0 Å². The molecule has 1 heterocycles. The molecule has 0 aliphatic heterocycles. The lowest BCUT2D eigenvalue weighted by atomic mass is 10.3. The normalized spacial score (nSPS) is 16.0. The van der Waals surface area contributed by atoms with Gasteiger partial charge >= 0.3 is 0 Å². The summed E-state index contributed by atoms with van der Waals surface area (Å²) in [7, 11) is -3.21. The van der Waals surface area contributed by atoms with Crippen LogP contribution in [0.5, 0.6) is 0 Å². The van der Waals surface area contributed by atoms with Crippen LogP contribution in [0.2, 0.25) is 0 Å². The Morgan fingerprint density at radius 3 is 2.89 bits per heavy atom. The summed E-state index contributed by atoms with van der Waals surface area (Å²) in [6.45, 7) is 1.07. The highest BCUT2D eigenvalue weighted by Crippen LogP contribution is 2.18. The molecule has 7 nitrogen and oxygen atoms in total. The van der Waals surface area contributed by atoms with Gasteiger partial charge in [0.1, 0.15) is 12.2 Å². The van der Waals surface area contributed by atoms with Crippen molar-refractivity contribution < 1.29 is 8.42 Å². The van der Waals surface area contributed by atoms with Gasteiger partial charge in [-0.05, 0) is 32.2 Å². The van der Waals surface area contributed by atoms with Gasteiger partial charge in [0.15, 0.2) is 0 Å². The van der Waals surface area contributed by atoms with E-state index < -0.39 is 10.0 Å². The van der Waals surface area contributed by atoms with Crippen molar-refractivity contribution in [3.63, 3.8) is 0 Å².